The minimum atomic E-state index is -1.09. The molecule has 0 fully saturated rings. The Morgan fingerprint density at radius 2 is 2.17 bits per heavy atom. The highest BCUT2D eigenvalue weighted by molar-refractivity contribution is 5.83. The third-order valence-corrected chi connectivity index (χ3v) is 2.25. The van der Waals surface area contributed by atoms with Crippen LogP contribution < -0.4 is 11.5 Å². The lowest BCUT2D eigenvalue weighted by Gasteiger charge is -2.05. The molecule has 94 valence electrons. The molecule has 4 N–H and O–H groups in total. The van der Waals surface area contributed by atoms with E-state index in [0.717, 1.165) is 0 Å². The quantitative estimate of drug-likeness (QED) is 0.459. The second kappa shape index (κ2) is 4.74. The third-order valence-electron chi connectivity index (χ3n) is 2.25. The van der Waals surface area contributed by atoms with E-state index >= 15 is 0 Å². The van der Waals surface area contributed by atoms with Gasteiger partial charge in [-0.05, 0) is 12.1 Å². The van der Waals surface area contributed by atoms with Gasteiger partial charge >= 0.3 is 5.97 Å². The van der Waals surface area contributed by atoms with Crippen LogP contribution in [0.4, 0.5) is 0 Å². The minimum Gasteiger partial charge on any atom is -0.467 e. The molecule has 7 heteroatoms. The molecule has 0 amide bonds. The van der Waals surface area contributed by atoms with Crippen LogP contribution in [0.15, 0.2) is 33.7 Å². The van der Waals surface area contributed by atoms with Crippen molar-refractivity contribution in [2.75, 3.05) is 7.11 Å². The van der Waals surface area contributed by atoms with E-state index in [-0.39, 0.29) is 11.9 Å². The van der Waals surface area contributed by atoms with Gasteiger partial charge in [0.15, 0.2) is 11.5 Å². The van der Waals surface area contributed by atoms with Gasteiger partial charge in [-0.3, -0.25) is 0 Å². The van der Waals surface area contributed by atoms with E-state index < -0.39 is 12.0 Å². The molecule has 1 heterocycles. The molecule has 7 nitrogen and oxygen atoms in total. The molecule has 1 unspecified atom stereocenters. The van der Waals surface area contributed by atoms with Crippen molar-refractivity contribution in [2.45, 2.75) is 6.04 Å². The number of aliphatic imine (C=N–C) groups is 1. The molecule has 0 radical (unpaired) electrons. The third kappa shape index (κ3) is 2.24. The number of aromatic nitrogens is 1. The van der Waals surface area contributed by atoms with Crippen molar-refractivity contribution >= 4 is 23.0 Å². The standard InChI is InChI=1S/C11H12N4O3/c1-17-10(16)8(15-11(12)13)9-14-6-4-2-3-5-7(6)18-9/h2-5,8H,1H3,(H4,12,13,15). The molecule has 0 saturated carbocycles. The number of ether oxygens (including phenoxy) is 1. The summed E-state index contributed by atoms with van der Waals surface area (Å²) in [6.07, 6.45) is 0. The number of carbonyl (C=O) groups excluding carboxylic acids is 1. The number of fused-ring (bicyclic) bond motifs is 1. The number of methoxy groups -OCH3 is 1. The van der Waals surface area contributed by atoms with Crippen LogP contribution in [0.5, 0.6) is 0 Å². The predicted octanol–water partition coefficient (Wildman–Crippen LogP) is 0.315. The Bertz CT molecular complexity index is 568. The van der Waals surface area contributed by atoms with Crippen molar-refractivity contribution in [3.8, 4) is 0 Å². The zero-order valence-corrected chi connectivity index (χ0v) is 9.66. The number of oxazole rings is 1. The van der Waals surface area contributed by atoms with Gasteiger partial charge in [-0.15, -0.1) is 0 Å². The van der Waals surface area contributed by atoms with Gasteiger partial charge in [0.2, 0.25) is 11.9 Å². The van der Waals surface area contributed by atoms with E-state index in [4.69, 9.17) is 15.9 Å². The number of hydrogen-bond acceptors (Lipinski definition) is 5. The lowest BCUT2D eigenvalue weighted by Crippen LogP contribution is -2.26. The second-order valence-corrected chi connectivity index (χ2v) is 3.50. The van der Waals surface area contributed by atoms with Crippen LogP contribution in [0.25, 0.3) is 11.1 Å². The van der Waals surface area contributed by atoms with Crippen molar-refractivity contribution in [2.24, 2.45) is 16.5 Å². The fraction of sp³-hybridized carbons (Fsp3) is 0.182. The number of para-hydroxylation sites is 2. The fourth-order valence-electron chi connectivity index (χ4n) is 1.48. The monoisotopic (exact) mass is 248 g/mol. The van der Waals surface area contributed by atoms with Crippen LogP contribution in [-0.4, -0.2) is 24.0 Å². The molecular formula is C11H12N4O3. The summed E-state index contributed by atoms with van der Waals surface area (Å²) in [6, 6.07) is 6.00. The topological polar surface area (TPSA) is 117 Å². The number of benzene rings is 1. The Morgan fingerprint density at radius 3 is 2.78 bits per heavy atom. The Labute approximate surface area is 102 Å². The highest BCUT2D eigenvalue weighted by Gasteiger charge is 2.26. The smallest absolute Gasteiger partial charge is 0.340 e. The summed E-state index contributed by atoms with van der Waals surface area (Å²) in [5, 5.41) is 0. The first kappa shape index (κ1) is 11.9. The zero-order chi connectivity index (χ0) is 13.1. The van der Waals surface area contributed by atoms with Crippen LogP contribution in [0.1, 0.15) is 11.9 Å². The molecule has 0 aliphatic heterocycles. The van der Waals surface area contributed by atoms with Gasteiger partial charge in [0.05, 0.1) is 7.11 Å². The molecule has 2 rings (SSSR count). The number of nitrogens with two attached hydrogens (primary N) is 2. The lowest BCUT2D eigenvalue weighted by atomic mass is 10.3. The van der Waals surface area contributed by atoms with E-state index in [9.17, 15) is 4.79 Å². The van der Waals surface area contributed by atoms with Crippen molar-refractivity contribution in [3.05, 3.63) is 30.2 Å². The molecular weight excluding hydrogens is 236 g/mol. The van der Waals surface area contributed by atoms with Crippen LogP contribution in [0.2, 0.25) is 0 Å². The van der Waals surface area contributed by atoms with E-state index in [1.165, 1.54) is 7.11 Å². The number of esters is 1. The fourth-order valence-corrected chi connectivity index (χ4v) is 1.48. The lowest BCUT2D eigenvalue weighted by molar-refractivity contribution is -0.142. The van der Waals surface area contributed by atoms with Crippen molar-refractivity contribution in [1.82, 2.24) is 4.98 Å². The van der Waals surface area contributed by atoms with E-state index in [2.05, 4.69) is 14.7 Å². The summed E-state index contributed by atoms with van der Waals surface area (Å²) in [7, 11) is 1.24. The molecule has 0 aliphatic rings. The maximum absolute atomic E-state index is 11.6. The molecule has 18 heavy (non-hydrogen) atoms. The average molecular weight is 248 g/mol. The normalized spacial score (nSPS) is 12.1. The minimum absolute atomic E-state index is 0.0939. The van der Waals surface area contributed by atoms with Gasteiger partial charge in [0.1, 0.15) is 5.52 Å². The van der Waals surface area contributed by atoms with Gasteiger partial charge in [-0.2, -0.15) is 0 Å². The van der Waals surface area contributed by atoms with Crippen LogP contribution in [0.3, 0.4) is 0 Å². The SMILES string of the molecule is COC(=O)C(N=C(N)N)c1nc2ccccc2o1. The number of carbonyl (C=O) groups is 1. The first-order valence-electron chi connectivity index (χ1n) is 5.14. The number of guanidine groups is 1. The van der Waals surface area contributed by atoms with Crippen molar-refractivity contribution in [1.29, 1.82) is 0 Å². The number of rotatable bonds is 3. The highest BCUT2D eigenvalue weighted by atomic mass is 16.5. The maximum Gasteiger partial charge on any atom is 0.340 e. The molecule has 0 saturated heterocycles. The molecule has 0 aliphatic carbocycles. The summed E-state index contributed by atoms with van der Waals surface area (Å²) < 4.78 is 10.0. The van der Waals surface area contributed by atoms with Gasteiger partial charge in [0.25, 0.3) is 0 Å². The Kier molecular flexibility index (Phi) is 3.13. The molecule has 0 spiro atoms. The van der Waals surface area contributed by atoms with Crippen LogP contribution in [0, 0.1) is 0 Å². The van der Waals surface area contributed by atoms with E-state index in [1.807, 2.05) is 6.07 Å². The Hall–Kier alpha value is -2.57. The molecule has 2 aromatic rings. The first-order chi connectivity index (χ1) is 8.61. The summed E-state index contributed by atoms with van der Waals surface area (Å²) >= 11 is 0. The van der Waals surface area contributed by atoms with Gasteiger partial charge in [0, 0.05) is 0 Å². The molecule has 0 bridgehead atoms. The van der Waals surface area contributed by atoms with Crippen molar-refractivity contribution < 1.29 is 13.9 Å². The summed E-state index contributed by atoms with van der Waals surface area (Å²) in [5.74, 6) is -0.793. The Morgan fingerprint density at radius 1 is 1.44 bits per heavy atom. The highest BCUT2D eigenvalue weighted by Crippen LogP contribution is 2.23. The number of nitrogens with zero attached hydrogens (tertiary/aromatic N) is 2. The summed E-state index contributed by atoms with van der Waals surface area (Å²) in [5.41, 5.74) is 11.7. The average Bonchev–Trinajstić information content (AvgIpc) is 2.78. The summed E-state index contributed by atoms with van der Waals surface area (Å²) in [6.45, 7) is 0. The largest absolute Gasteiger partial charge is 0.467 e. The summed E-state index contributed by atoms with van der Waals surface area (Å²) in [4.78, 5) is 19.5. The van der Waals surface area contributed by atoms with Gasteiger partial charge in [-0.25, -0.2) is 14.8 Å². The first-order valence-corrected chi connectivity index (χ1v) is 5.14. The van der Waals surface area contributed by atoms with Crippen LogP contribution in [-0.2, 0) is 9.53 Å². The van der Waals surface area contributed by atoms with Gasteiger partial charge in [-0.1, -0.05) is 12.1 Å². The Balaban J connectivity index is 2.47. The molecule has 1 aromatic carbocycles. The van der Waals surface area contributed by atoms with Crippen LogP contribution >= 0.6 is 0 Å². The molecule has 1 atom stereocenters. The predicted molar refractivity (Wildman–Crippen MR) is 64.6 cm³/mol. The van der Waals surface area contributed by atoms with E-state index in [1.54, 1.807) is 18.2 Å². The van der Waals surface area contributed by atoms with E-state index in [0.29, 0.717) is 11.1 Å². The molecule has 1 aromatic heterocycles. The second-order valence-electron chi connectivity index (χ2n) is 3.50. The van der Waals surface area contributed by atoms with Gasteiger partial charge < -0.3 is 20.6 Å². The zero-order valence-electron chi connectivity index (χ0n) is 9.66. The maximum atomic E-state index is 11.6. The number of hydrogen-bond donors (Lipinski definition) is 2. The van der Waals surface area contributed by atoms with Crippen molar-refractivity contribution in [3.63, 3.8) is 0 Å².